The Kier molecular flexibility index (Phi) is 25.6. The first-order valence-electron chi connectivity index (χ1n) is 23.3. The molecule has 12 nitrogen and oxygen atoms in total. The van der Waals surface area contributed by atoms with Gasteiger partial charge in [0.2, 0.25) is 0 Å². The Morgan fingerprint density at radius 2 is 1.05 bits per heavy atom. The first kappa shape index (κ1) is 53.9. The molecule has 0 aromatic heterocycles. The van der Waals surface area contributed by atoms with Crippen LogP contribution < -0.4 is 0 Å². The van der Waals surface area contributed by atoms with Gasteiger partial charge in [-0.25, -0.2) is 0 Å². The van der Waals surface area contributed by atoms with E-state index in [4.69, 9.17) is 9.84 Å². The van der Waals surface area contributed by atoms with Crippen LogP contribution in [0.3, 0.4) is 0 Å². The predicted octanol–water partition coefficient (Wildman–Crippen LogP) is 6.09. The lowest BCUT2D eigenvalue weighted by molar-refractivity contribution is -0.149. The lowest BCUT2D eigenvalue weighted by atomic mass is 9.85. The average molecular weight is 883 g/mol. The van der Waals surface area contributed by atoms with Crippen molar-refractivity contribution < 1.29 is 60.3 Å². The molecule has 0 spiro atoms. The summed E-state index contributed by atoms with van der Waals surface area (Å²) in [4.78, 5) is 22.4. The number of esters is 1. The van der Waals surface area contributed by atoms with Gasteiger partial charge in [0.1, 0.15) is 6.61 Å². The van der Waals surface area contributed by atoms with E-state index in [0.29, 0.717) is 89.9 Å². The Hall–Kier alpha value is -3.46. The molecule has 0 unspecified atom stereocenters. The molecule has 0 heterocycles. The summed E-state index contributed by atoms with van der Waals surface area (Å²) in [6, 6.07) is 20.2. The molecule has 0 saturated heterocycles. The Labute approximate surface area is 375 Å². The third-order valence-corrected chi connectivity index (χ3v) is 12.9. The molecule has 4 rings (SSSR count). The minimum atomic E-state index is -0.823. The number of hydrogen-bond donors (Lipinski definition) is 9. The smallest absolute Gasteiger partial charge is 0.305 e. The van der Waals surface area contributed by atoms with Crippen LogP contribution in [0.4, 0.5) is 0 Å². The second kappa shape index (κ2) is 29.9. The number of carbonyl (C=O) groups is 2. The zero-order valence-electron chi connectivity index (χ0n) is 37.5. The Morgan fingerprint density at radius 1 is 0.635 bits per heavy atom. The van der Waals surface area contributed by atoms with E-state index < -0.39 is 48.0 Å². The van der Waals surface area contributed by atoms with Gasteiger partial charge < -0.3 is 50.7 Å². The molecule has 0 aliphatic heterocycles. The number of ether oxygens (including phenoxy) is 1. The van der Waals surface area contributed by atoms with Crippen LogP contribution in [0.5, 0.6) is 0 Å². The summed E-state index contributed by atoms with van der Waals surface area (Å²) in [6.45, 7) is 1.12. The number of carboxylic acid groups (broad SMARTS) is 1. The van der Waals surface area contributed by atoms with Gasteiger partial charge in [0.05, 0.1) is 49.8 Å². The predicted molar refractivity (Wildman–Crippen MR) is 243 cm³/mol. The fraction of sp³-hybridized carbons (Fsp3) is 0.647. The second-order valence-corrected chi connectivity index (χ2v) is 18.3. The van der Waals surface area contributed by atoms with E-state index in [1.807, 2.05) is 60.7 Å². The minimum Gasteiger partial charge on any atom is -0.481 e. The number of hydrogen-bond acceptors (Lipinski definition) is 11. The fourth-order valence-corrected chi connectivity index (χ4v) is 8.77. The van der Waals surface area contributed by atoms with E-state index >= 15 is 0 Å². The SMILES string of the molecule is CC(CO)(CO)COC(=O)CCC/C=C\C[C@@H]1[C@@H](CC[C@@H](O)CCc2ccccc2)[C@H](O)C[C@@H]1O.O=C(O)CCC/C=C\C[C@@H]1[C@@H](CC[C@@H](O)CCc2ccccc2)[C@H](O)C[C@@H]1O. The van der Waals surface area contributed by atoms with Gasteiger partial charge in [0.25, 0.3) is 0 Å². The number of carboxylic acids is 1. The zero-order valence-corrected chi connectivity index (χ0v) is 37.5. The van der Waals surface area contributed by atoms with Crippen molar-refractivity contribution >= 4 is 11.9 Å². The number of aryl methyl sites for hydroxylation is 2. The molecule has 10 atom stereocenters. The molecule has 9 N–H and O–H groups in total. The summed E-state index contributed by atoms with van der Waals surface area (Å²) in [7, 11) is 0. The minimum absolute atomic E-state index is 0.00736. The Bertz CT molecular complexity index is 1580. The van der Waals surface area contributed by atoms with E-state index in [-0.39, 0.29) is 62.3 Å². The van der Waals surface area contributed by atoms with Crippen LogP contribution in [-0.4, -0.2) is 114 Å². The molecule has 63 heavy (non-hydrogen) atoms. The van der Waals surface area contributed by atoms with Crippen molar-refractivity contribution in [2.24, 2.45) is 29.1 Å². The second-order valence-electron chi connectivity index (χ2n) is 18.3. The molecule has 2 aliphatic rings. The summed E-state index contributed by atoms with van der Waals surface area (Å²) in [5, 5.41) is 89.3. The molecule has 2 aliphatic carbocycles. The highest BCUT2D eigenvalue weighted by Crippen LogP contribution is 2.40. The number of allylic oxidation sites excluding steroid dienone is 4. The Balaban J connectivity index is 0.000000344. The molecule has 354 valence electrons. The molecule has 2 saturated carbocycles. The van der Waals surface area contributed by atoms with Crippen molar-refractivity contribution in [2.75, 3.05) is 19.8 Å². The van der Waals surface area contributed by atoms with Crippen molar-refractivity contribution in [2.45, 2.75) is 159 Å². The summed E-state index contributed by atoms with van der Waals surface area (Å²) in [5.74, 6) is -1.23. The number of aliphatic hydroxyl groups excluding tert-OH is 8. The van der Waals surface area contributed by atoms with Gasteiger partial charge in [-0.05, 0) is 138 Å². The van der Waals surface area contributed by atoms with Gasteiger partial charge in [0, 0.05) is 18.3 Å². The maximum Gasteiger partial charge on any atom is 0.305 e. The van der Waals surface area contributed by atoms with Crippen molar-refractivity contribution in [1.82, 2.24) is 0 Å². The highest BCUT2D eigenvalue weighted by molar-refractivity contribution is 5.69. The summed E-state index contributed by atoms with van der Waals surface area (Å²) in [6.07, 6.45) is 15.8. The van der Waals surface area contributed by atoms with Crippen molar-refractivity contribution in [3.05, 3.63) is 96.1 Å². The molecule has 2 aromatic carbocycles. The number of rotatable bonds is 28. The zero-order chi connectivity index (χ0) is 46.0. The van der Waals surface area contributed by atoms with Crippen LogP contribution in [0.25, 0.3) is 0 Å². The average Bonchev–Trinajstić information content (AvgIpc) is 3.71. The molecule has 0 radical (unpaired) electrons. The van der Waals surface area contributed by atoms with Crippen LogP contribution in [0.15, 0.2) is 85.0 Å². The molecule has 2 fully saturated rings. The maximum absolute atomic E-state index is 11.8. The van der Waals surface area contributed by atoms with E-state index in [2.05, 4.69) is 24.3 Å². The van der Waals surface area contributed by atoms with Gasteiger partial charge in [-0.15, -0.1) is 0 Å². The van der Waals surface area contributed by atoms with Gasteiger partial charge in [-0.3, -0.25) is 9.59 Å². The monoisotopic (exact) mass is 883 g/mol. The molecule has 0 bridgehead atoms. The molecule has 0 amide bonds. The number of aliphatic carboxylic acids is 1. The summed E-state index contributed by atoms with van der Waals surface area (Å²) >= 11 is 0. The highest BCUT2D eigenvalue weighted by Gasteiger charge is 2.41. The van der Waals surface area contributed by atoms with Gasteiger partial charge in [0.15, 0.2) is 0 Å². The van der Waals surface area contributed by atoms with Gasteiger partial charge >= 0.3 is 11.9 Å². The van der Waals surface area contributed by atoms with E-state index in [1.165, 1.54) is 11.1 Å². The number of benzene rings is 2. The summed E-state index contributed by atoms with van der Waals surface area (Å²) < 4.78 is 5.14. The largest absolute Gasteiger partial charge is 0.481 e. The lowest BCUT2D eigenvalue weighted by Crippen LogP contribution is -2.32. The van der Waals surface area contributed by atoms with E-state index in [9.17, 15) is 50.4 Å². The molecule has 2 aromatic rings. The maximum atomic E-state index is 11.8. The van der Waals surface area contributed by atoms with E-state index in [0.717, 1.165) is 12.8 Å². The van der Waals surface area contributed by atoms with Crippen LogP contribution in [0.1, 0.15) is 121 Å². The van der Waals surface area contributed by atoms with E-state index in [1.54, 1.807) is 6.92 Å². The standard InChI is InChI=1S/C28H44O7.C23H34O5/c1-28(18-29,19-30)20-35-27(34)12-8-3-2-7-11-23-24(26(33)17-25(23)32)16-15-22(31)14-13-21-9-5-4-6-10-21;24-18(13-12-17-8-4-3-5-9-17)14-15-20-19(21(25)16-22(20)26)10-6-1-2-7-11-23(27)28/h2,4-7,9-10,22-26,29-33H,3,8,11-20H2,1H3;1,3-6,8-9,18-22,24-26H,2,7,10-16H2,(H,27,28)/b7-2-;6-1-/t22-,23+,24+,25-,26+;18-,19+,20+,21-,22+/m00/s1. The quantitative estimate of drug-likeness (QED) is 0.0269. The highest BCUT2D eigenvalue weighted by atomic mass is 16.5. The molecular formula is C51H78O12. The van der Waals surface area contributed by atoms with Crippen molar-refractivity contribution in [1.29, 1.82) is 0 Å². The summed E-state index contributed by atoms with van der Waals surface area (Å²) in [5.41, 5.74) is 1.59. The van der Waals surface area contributed by atoms with Crippen molar-refractivity contribution in [3.63, 3.8) is 0 Å². The number of carbonyl (C=O) groups excluding carboxylic acids is 1. The third-order valence-electron chi connectivity index (χ3n) is 12.9. The molecular weight excluding hydrogens is 805 g/mol. The Morgan fingerprint density at radius 3 is 1.46 bits per heavy atom. The van der Waals surface area contributed by atoms with Crippen LogP contribution in [0, 0.1) is 29.1 Å². The number of aliphatic hydroxyl groups is 8. The normalized spacial score (nSPS) is 24.7. The van der Waals surface area contributed by atoms with Crippen LogP contribution in [-0.2, 0) is 27.2 Å². The van der Waals surface area contributed by atoms with Gasteiger partial charge in [-0.1, -0.05) is 91.9 Å². The topological polar surface area (TPSA) is 225 Å². The first-order chi connectivity index (χ1) is 30.2. The first-order valence-corrected chi connectivity index (χ1v) is 23.3. The molecule has 12 heteroatoms. The van der Waals surface area contributed by atoms with Crippen LogP contribution >= 0.6 is 0 Å². The fourth-order valence-electron chi connectivity index (χ4n) is 8.77. The third kappa shape index (κ3) is 20.9. The van der Waals surface area contributed by atoms with Crippen molar-refractivity contribution in [3.8, 4) is 0 Å². The lowest BCUT2D eigenvalue weighted by Gasteiger charge is -2.23. The van der Waals surface area contributed by atoms with Gasteiger partial charge in [-0.2, -0.15) is 0 Å². The van der Waals surface area contributed by atoms with Crippen LogP contribution in [0.2, 0.25) is 0 Å². The number of unbranched alkanes of at least 4 members (excludes halogenated alkanes) is 2.